The number of carbonyl (C=O) groups excluding carboxylic acids is 1. The van der Waals surface area contributed by atoms with Gasteiger partial charge in [-0.05, 0) is 29.7 Å². The second-order valence-electron chi connectivity index (χ2n) is 9.04. The highest BCUT2D eigenvalue weighted by Crippen LogP contribution is 2.29. The summed E-state index contributed by atoms with van der Waals surface area (Å²) in [5.74, 6) is 0.164. The molecular formula is C28H33N3O5S. The van der Waals surface area contributed by atoms with Gasteiger partial charge in [0.2, 0.25) is 15.9 Å². The third kappa shape index (κ3) is 6.68. The summed E-state index contributed by atoms with van der Waals surface area (Å²) in [6.45, 7) is 1.35. The van der Waals surface area contributed by atoms with E-state index >= 15 is 0 Å². The molecule has 3 aromatic carbocycles. The quantitative estimate of drug-likeness (QED) is 0.377. The highest BCUT2D eigenvalue weighted by atomic mass is 32.2. The topological polar surface area (TPSA) is 106 Å². The maximum Gasteiger partial charge on any atom is 0.244 e. The van der Waals surface area contributed by atoms with Crippen LogP contribution in [0.25, 0.3) is 0 Å². The SMILES string of the molecule is COc1ccc(OC)c(S(=O)(=O)NC2CNCC(C(=O)NCC(c3ccccc3)c3ccccc3)C2)c1. The van der Waals surface area contributed by atoms with E-state index in [0.717, 1.165) is 11.1 Å². The van der Waals surface area contributed by atoms with Crippen LogP contribution < -0.4 is 24.8 Å². The van der Waals surface area contributed by atoms with Crippen LogP contribution in [0, 0.1) is 5.92 Å². The van der Waals surface area contributed by atoms with Crippen LogP contribution in [0.4, 0.5) is 0 Å². The van der Waals surface area contributed by atoms with Gasteiger partial charge in [-0.2, -0.15) is 0 Å². The number of rotatable bonds is 10. The molecule has 0 bridgehead atoms. The zero-order valence-electron chi connectivity index (χ0n) is 21.0. The van der Waals surface area contributed by atoms with E-state index in [1.54, 1.807) is 12.1 Å². The van der Waals surface area contributed by atoms with Crippen LogP contribution >= 0.6 is 0 Å². The van der Waals surface area contributed by atoms with Gasteiger partial charge in [-0.25, -0.2) is 13.1 Å². The first-order chi connectivity index (χ1) is 17.9. The maximum atomic E-state index is 13.2. The summed E-state index contributed by atoms with van der Waals surface area (Å²) in [6.07, 6.45) is 0.381. The molecule has 1 aliphatic rings. The molecular weight excluding hydrogens is 490 g/mol. The minimum absolute atomic E-state index is 0.00510. The second-order valence-corrected chi connectivity index (χ2v) is 10.7. The summed E-state index contributed by atoms with van der Waals surface area (Å²) < 4.78 is 39.5. The number of carbonyl (C=O) groups is 1. The molecule has 2 unspecified atom stereocenters. The Morgan fingerprint density at radius 2 is 1.59 bits per heavy atom. The summed E-state index contributed by atoms with van der Waals surface area (Å²) >= 11 is 0. The summed E-state index contributed by atoms with van der Waals surface area (Å²) in [7, 11) is -1.02. The van der Waals surface area contributed by atoms with Gasteiger partial charge < -0.3 is 20.1 Å². The molecule has 0 aromatic heterocycles. The summed E-state index contributed by atoms with van der Waals surface area (Å²) in [6, 6.07) is 24.3. The Morgan fingerprint density at radius 1 is 0.946 bits per heavy atom. The van der Waals surface area contributed by atoms with Gasteiger partial charge in [-0.15, -0.1) is 0 Å². The Hall–Kier alpha value is -3.40. The van der Waals surface area contributed by atoms with Crippen molar-refractivity contribution in [3.05, 3.63) is 90.0 Å². The van der Waals surface area contributed by atoms with Crippen LogP contribution in [-0.2, 0) is 14.8 Å². The van der Waals surface area contributed by atoms with Crippen LogP contribution in [0.3, 0.4) is 0 Å². The van der Waals surface area contributed by atoms with E-state index in [1.165, 1.54) is 20.3 Å². The van der Waals surface area contributed by atoms with Gasteiger partial charge >= 0.3 is 0 Å². The van der Waals surface area contributed by atoms with E-state index in [1.807, 2.05) is 36.4 Å². The lowest BCUT2D eigenvalue weighted by atomic mass is 9.90. The lowest BCUT2D eigenvalue weighted by Gasteiger charge is -2.30. The average Bonchev–Trinajstić information content (AvgIpc) is 2.93. The van der Waals surface area contributed by atoms with Crippen molar-refractivity contribution in [3.63, 3.8) is 0 Å². The van der Waals surface area contributed by atoms with Gasteiger partial charge in [0.25, 0.3) is 0 Å². The first-order valence-electron chi connectivity index (χ1n) is 12.2. The van der Waals surface area contributed by atoms with Crippen LogP contribution in [0.5, 0.6) is 11.5 Å². The summed E-state index contributed by atoms with van der Waals surface area (Å²) in [5.41, 5.74) is 2.24. The number of nitrogens with one attached hydrogen (secondary N) is 3. The Morgan fingerprint density at radius 3 is 2.19 bits per heavy atom. The number of sulfonamides is 1. The Bertz CT molecular complexity index is 1250. The molecule has 9 heteroatoms. The van der Waals surface area contributed by atoms with Crippen LogP contribution in [0.2, 0.25) is 0 Å². The van der Waals surface area contributed by atoms with Crippen molar-refractivity contribution in [1.82, 2.24) is 15.4 Å². The molecule has 1 saturated heterocycles. The van der Waals surface area contributed by atoms with Gasteiger partial charge in [0, 0.05) is 37.7 Å². The minimum Gasteiger partial charge on any atom is -0.497 e. The predicted molar refractivity (Wildman–Crippen MR) is 142 cm³/mol. The standard InChI is InChI=1S/C28H33N3O5S/c1-35-24-13-14-26(36-2)27(16-24)37(33,34)31-23-15-22(17-29-18-23)28(32)30-19-25(20-9-5-3-6-10-20)21-11-7-4-8-12-21/h3-14,16,22-23,25,29,31H,15,17-19H2,1-2H3,(H,30,32). The molecule has 2 atom stereocenters. The zero-order valence-corrected chi connectivity index (χ0v) is 21.8. The van der Waals surface area contributed by atoms with Gasteiger partial charge in [0.1, 0.15) is 16.4 Å². The molecule has 1 fully saturated rings. The van der Waals surface area contributed by atoms with Crippen molar-refractivity contribution < 1.29 is 22.7 Å². The van der Waals surface area contributed by atoms with Crippen molar-refractivity contribution in [2.75, 3.05) is 33.9 Å². The van der Waals surface area contributed by atoms with Crippen LogP contribution in [0.1, 0.15) is 23.5 Å². The number of methoxy groups -OCH3 is 2. The molecule has 8 nitrogen and oxygen atoms in total. The fraction of sp³-hybridized carbons (Fsp3) is 0.321. The first kappa shape index (κ1) is 26.7. The van der Waals surface area contributed by atoms with E-state index in [2.05, 4.69) is 39.6 Å². The van der Waals surface area contributed by atoms with E-state index in [-0.39, 0.29) is 28.4 Å². The van der Waals surface area contributed by atoms with Crippen molar-refractivity contribution in [2.45, 2.75) is 23.3 Å². The second kappa shape index (κ2) is 12.2. The number of ether oxygens (including phenoxy) is 2. The third-order valence-electron chi connectivity index (χ3n) is 6.59. The highest BCUT2D eigenvalue weighted by molar-refractivity contribution is 7.89. The molecule has 4 rings (SSSR count). The lowest BCUT2D eigenvalue weighted by molar-refractivity contribution is -0.125. The number of benzene rings is 3. The molecule has 1 heterocycles. The normalized spacial score (nSPS) is 17.8. The lowest BCUT2D eigenvalue weighted by Crippen LogP contribution is -2.52. The molecule has 0 radical (unpaired) electrons. The summed E-state index contributed by atoms with van der Waals surface area (Å²) in [5, 5.41) is 6.30. The first-order valence-corrected chi connectivity index (χ1v) is 13.7. The summed E-state index contributed by atoms with van der Waals surface area (Å²) in [4.78, 5) is 13.2. The molecule has 1 amide bonds. The van der Waals surface area contributed by atoms with Crippen molar-refractivity contribution in [1.29, 1.82) is 0 Å². The molecule has 0 saturated carbocycles. The maximum absolute atomic E-state index is 13.2. The zero-order chi connectivity index (χ0) is 26.3. The van der Waals surface area contributed by atoms with Gasteiger partial charge in [-0.3, -0.25) is 4.79 Å². The Labute approximate surface area is 218 Å². The molecule has 3 aromatic rings. The smallest absolute Gasteiger partial charge is 0.244 e. The average molecular weight is 524 g/mol. The Kier molecular flexibility index (Phi) is 8.81. The largest absolute Gasteiger partial charge is 0.497 e. The molecule has 196 valence electrons. The molecule has 1 aliphatic heterocycles. The minimum atomic E-state index is -3.91. The van der Waals surface area contributed by atoms with E-state index in [9.17, 15) is 13.2 Å². The number of hydrogen-bond donors (Lipinski definition) is 3. The fourth-order valence-electron chi connectivity index (χ4n) is 4.65. The number of piperidine rings is 1. The monoisotopic (exact) mass is 523 g/mol. The van der Waals surface area contributed by atoms with Gasteiger partial charge in [0.15, 0.2) is 0 Å². The van der Waals surface area contributed by atoms with Crippen molar-refractivity contribution in [2.24, 2.45) is 5.92 Å². The molecule has 0 aliphatic carbocycles. The van der Waals surface area contributed by atoms with Crippen LogP contribution in [0.15, 0.2) is 83.8 Å². The van der Waals surface area contributed by atoms with Gasteiger partial charge in [-0.1, -0.05) is 60.7 Å². The highest BCUT2D eigenvalue weighted by Gasteiger charge is 2.31. The Balaban J connectivity index is 1.42. The molecule has 0 spiro atoms. The van der Waals surface area contributed by atoms with E-state index in [0.29, 0.717) is 31.8 Å². The van der Waals surface area contributed by atoms with Gasteiger partial charge in [0.05, 0.1) is 20.1 Å². The number of hydrogen-bond acceptors (Lipinski definition) is 6. The van der Waals surface area contributed by atoms with Crippen LogP contribution in [-0.4, -0.2) is 54.2 Å². The van der Waals surface area contributed by atoms with E-state index in [4.69, 9.17) is 9.47 Å². The van der Waals surface area contributed by atoms with Crippen molar-refractivity contribution >= 4 is 15.9 Å². The van der Waals surface area contributed by atoms with Crippen molar-refractivity contribution in [3.8, 4) is 11.5 Å². The van der Waals surface area contributed by atoms with E-state index < -0.39 is 16.1 Å². The molecule has 37 heavy (non-hydrogen) atoms. The predicted octanol–water partition coefficient (Wildman–Crippen LogP) is 2.91. The fourth-order valence-corrected chi connectivity index (χ4v) is 6.09. The third-order valence-corrected chi connectivity index (χ3v) is 8.13. The number of amides is 1. The molecule has 3 N–H and O–H groups in total.